The number of fused-ring (bicyclic) bond motifs is 1. The highest BCUT2D eigenvalue weighted by Crippen LogP contribution is 2.28. The molecule has 0 spiro atoms. The lowest BCUT2D eigenvalue weighted by molar-refractivity contribution is 0.102. The number of carbonyl (C=O) groups is 1. The van der Waals surface area contributed by atoms with Crippen LogP contribution >= 0.6 is 11.3 Å². The first-order valence-corrected chi connectivity index (χ1v) is 12.7. The molecule has 6 heteroatoms. The van der Waals surface area contributed by atoms with Crippen LogP contribution in [0.25, 0.3) is 22.2 Å². The number of aromatic nitrogens is 1. The predicted octanol–water partition coefficient (Wildman–Crippen LogP) is 7.65. The van der Waals surface area contributed by atoms with E-state index in [1.165, 1.54) is 16.9 Å². The van der Waals surface area contributed by atoms with E-state index in [1.54, 1.807) is 6.07 Å². The highest BCUT2D eigenvalue weighted by Gasteiger charge is 2.16. The van der Waals surface area contributed by atoms with Gasteiger partial charge in [0.05, 0.1) is 11.4 Å². The van der Waals surface area contributed by atoms with Crippen molar-refractivity contribution in [1.29, 1.82) is 0 Å². The van der Waals surface area contributed by atoms with Crippen LogP contribution in [0.5, 0.6) is 0 Å². The topological polar surface area (TPSA) is 67.5 Å². The monoisotopic (exact) mass is 493 g/mol. The molecule has 5 nitrogen and oxygen atoms in total. The van der Waals surface area contributed by atoms with Crippen LogP contribution in [0.4, 0.5) is 10.8 Å². The van der Waals surface area contributed by atoms with Crippen LogP contribution in [0.2, 0.25) is 0 Å². The molecule has 0 saturated heterocycles. The van der Waals surface area contributed by atoms with Crippen molar-refractivity contribution in [2.24, 2.45) is 4.99 Å². The molecule has 180 valence electrons. The summed E-state index contributed by atoms with van der Waals surface area (Å²) in [7, 11) is 0. The number of anilines is 1. The Morgan fingerprint density at radius 3 is 2.42 bits per heavy atom. The number of nitrogens with zero attached hydrogens (tertiary/aromatic N) is 2. The molecule has 0 fully saturated rings. The molecular weight excluding hydrogens is 466 g/mol. The van der Waals surface area contributed by atoms with E-state index >= 15 is 0 Å². The molecule has 5 rings (SSSR count). The molecule has 0 aliphatic heterocycles. The maximum Gasteiger partial charge on any atom is 0.262 e. The summed E-state index contributed by atoms with van der Waals surface area (Å²) in [6, 6.07) is 25.5. The summed E-state index contributed by atoms with van der Waals surface area (Å²) in [5.41, 5.74) is 6.30. The van der Waals surface area contributed by atoms with Gasteiger partial charge in [0.15, 0.2) is 5.13 Å². The Balaban J connectivity index is 1.46. The van der Waals surface area contributed by atoms with E-state index in [9.17, 15) is 4.79 Å². The lowest BCUT2D eigenvalue weighted by Crippen LogP contribution is -2.21. The predicted molar refractivity (Wildman–Crippen MR) is 147 cm³/mol. The zero-order chi connectivity index (χ0) is 25.3. The van der Waals surface area contributed by atoms with Gasteiger partial charge >= 0.3 is 0 Å². The van der Waals surface area contributed by atoms with E-state index in [0.29, 0.717) is 22.0 Å². The summed E-state index contributed by atoms with van der Waals surface area (Å²) in [5, 5.41) is 6.22. The maximum absolute atomic E-state index is 13.4. The molecule has 0 bridgehead atoms. The van der Waals surface area contributed by atoms with Crippen LogP contribution in [0.3, 0.4) is 0 Å². The first-order chi connectivity index (χ1) is 17.3. The molecule has 0 unspecified atom stereocenters. The fourth-order valence-corrected chi connectivity index (χ4v) is 4.54. The van der Waals surface area contributed by atoms with Crippen LogP contribution in [0, 0.1) is 6.92 Å². The minimum Gasteiger partial charge on any atom is -0.438 e. The van der Waals surface area contributed by atoms with Crippen molar-refractivity contribution in [1.82, 2.24) is 4.98 Å². The minimum absolute atomic E-state index is 0.0893. The number of rotatable bonds is 4. The van der Waals surface area contributed by atoms with Gasteiger partial charge in [-0.1, -0.05) is 80.9 Å². The normalized spacial score (nSPS) is 12.2. The first kappa shape index (κ1) is 23.7. The third-order valence-corrected chi connectivity index (χ3v) is 6.69. The van der Waals surface area contributed by atoms with Crippen molar-refractivity contribution in [3.63, 3.8) is 0 Å². The molecule has 36 heavy (non-hydrogen) atoms. The zero-order valence-corrected chi connectivity index (χ0v) is 21.5. The standard InChI is InChI=1S/C30H27N3O2S/c1-19-9-15-23(16-10-19)31-28-24(17-21-7-5-6-8-26(21)35-28)27(34)33-29-32-25(18-36-29)20-11-13-22(14-12-20)30(2,3)4/h5-18H,1-4H3,(H,32,33,34). The summed E-state index contributed by atoms with van der Waals surface area (Å²) >= 11 is 1.39. The van der Waals surface area contributed by atoms with E-state index in [-0.39, 0.29) is 16.9 Å². The summed E-state index contributed by atoms with van der Waals surface area (Å²) in [6.45, 7) is 8.59. The number of aryl methyl sites for hydroxylation is 1. The van der Waals surface area contributed by atoms with Crippen LogP contribution in [-0.4, -0.2) is 10.9 Å². The van der Waals surface area contributed by atoms with Gasteiger partial charge in [0.1, 0.15) is 11.1 Å². The molecule has 2 aromatic heterocycles. The van der Waals surface area contributed by atoms with Crippen molar-refractivity contribution in [3.8, 4) is 11.3 Å². The lowest BCUT2D eigenvalue weighted by atomic mass is 9.86. The Morgan fingerprint density at radius 2 is 1.69 bits per heavy atom. The summed E-state index contributed by atoms with van der Waals surface area (Å²) in [4.78, 5) is 22.6. The maximum atomic E-state index is 13.4. The van der Waals surface area contributed by atoms with Gasteiger partial charge in [-0.2, -0.15) is 0 Å². The Labute approximate surface area is 214 Å². The summed E-state index contributed by atoms with van der Waals surface area (Å²) in [5.74, 6) is -0.320. The molecule has 1 amide bonds. The van der Waals surface area contributed by atoms with Crippen LogP contribution < -0.4 is 10.9 Å². The Kier molecular flexibility index (Phi) is 6.29. The van der Waals surface area contributed by atoms with Crippen LogP contribution in [0.15, 0.2) is 93.7 Å². The SMILES string of the molecule is Cc1ccc(N=c2oc3ccccc3cc2C(=O)Nc2nc(-c3ccc(C(C)(C)C)cc3)cs2)cc1. The van der Waals surface area contributed by atoms with Gasteiger partial charge in [-0.15, -0.1) is 11.3 Å². The molecule has 5 aromatic rings. The van der Waals surface area contributed by atoms with E-state index in [2.05, 4.69) is 60.3 Å². The second-order valence-electron chi connectivity index (χ2n) is 9.77. The highest BCUT2D eigenvalue weighted by molar-refractivity contribution is 7.14. The Bertz CT molecular complexity index is 1610. The highest BCUT2D eigenvalue weighted by atomic mass is 32.1. The number of amides is 1. The van der Waals surface area contributed by atoms with Gasteiger partial charge in [-0.25, -0.2) is 9.98 Å². The van der Waals surface area contributed by atoms with E-state index in [4.69, 9.17) is 4.42 Å². The van der Waals surface area contributed by atoms with Crippen molar-refractivity contribution >= 4 is 39.0 Å². The molecule has 0 aliphatic carbocycles. The second-order valence-corrected chi connectivity index (χ2v) is 10.6. The Morgan fingerprint density at radius 1 is 0.972 bits per heavy atom. The van der Waals surface area contributed by atoms with Crippen LogP contribution in [0.1, 0.15) is 42.3 Å². The van der Waals surface area contributed by atoms with E-state index in [0.717, 1.165) is 22.2 Å². The fourth-order valence-electron chi connectivity index (χ4n) is 3.82. The average molecular weight is 494 g/mol. The molecule has 2 heterocycles. The number of hydrogen-bond donors (Lipinski definition) is 1. The smallest absolute Gasteiger partial charge is 0.262 e. The molecule has 0 atom stereocenters. The molecule has 0 saturated carbocycles. The first-order valence-electron chi connectivity index (χ1n) is 11.8. The lowest BCUT2D eigenvalue weighted by Gasteiger charge is -2.18. The summed E-state index contributed by atoms with van der Waals surface area (Å²) < 4.78 is 6.05. The number of nitrogens with one attached hydrogen (secondary N) is 1. The number of carbonyl (C=O) groups excluding carboxylic acids is 1. The second kappa shape index (κ2) is 9.55. The van der Waals surface area contributed by atoms with Gasteiger partial charge in [-0.3, -0.25) is 10.1 Å². The number of benzene rings is 3. The minimum atomic E-state index is -0.320. The van der Waals surface area contributed by atoms with Crippen molar-refractivity contribution < 1.29 is 9.21 Å². The van der Waals surface area contributed by atoms with Gasteiger partial charge in [0, 0.05) is 16.3 Å². The molecule has 3 aromatic carbocycles. The Hall–Kier alpha value is -4.03. The summed E-state index contributed by atoms with van der Waals surface area (Å²) in [6.07, 6.45) is 0. The third kappa shape index (κ3) is 5.14. The van der Waals surface area contributed by atoms with Crippen molar-refractivity contribution in [2.75, 3.05) is 5.32 Å². The molecule has 0 aliphatic rings. The van der Waals surface area contributed by atoms with Gasteiger partial charge < -0.3 is 4.42 Å². The van der Waals surface area contributed by atoms with Gasteiger partial charge in [0.2, 0.25) is 5.55 Å². The van der Waals surface area contributed by atoms with E-state index < -0.39 is 0 Å². The van der Waals surface area contributed by atoms with Crippen LogP contribution in [-0.2, 0) is 5.41 Å². The van der Waals surface area contributed by atoms with Gasteiger partial charge in [0.25, 0.3) is 5.91 Å². The zero-order valence-electron chi connectivity index (χ0n) is 20.7. The van der Waals surface area contributed by atoms with Crippen molar-refractivity contribution in [3.05, 3.63) is 106 Å². The largest absolute Gasteiger partial charge is 0.438 e. The van der Waals surface area contributed by atoms with Gasteiger partial charge in [-0.05, 0) is 42.2 Å². The molecule has 1 N–H and O–H groups in total. The number of para-hydroxylation sites is 1. The molecular formula is C30H27N3O2S. The number of hydrogen-bond acceptors (Lipinski definition) is 5. The fraction of sp³-hybridized carbons (Fsp3) is 0.167. The van der Waals surface area contributed by atoms with Crippen molar-refractivity contribution in [2.45, 2.75) is 33.1 Å². The molecule has 0 radical (unpaired) electrons. The average Bonchev–Trinajstić information content (AvgIpc) is 3.33. The van der Waals surface area contributed by atoms with E-state index in [1.807, 2.05) is 60.8 Å². The third-order valence-electron chi connectivity index (χ3n) is 5.94. The quantitative estimate of drug-likeness (QED) is 0.280. The number of thiazole rings is 1.